The van der Waals surface area contributed by atoms with Crippen molar-refractivity contribution in [3.8, 4) is 5.75 Å². The quantitative estimate of drug-likeness (QED) is 0.606. The zero-order chi connectivity index (χ0) is 16.0. The van der Waals surface area contributed by atoms with Crippen LogP contribution in [0.25, 0.3) is 5.57 Å². The molecule has 1 aromatic carbocycles. The first-order chi connectivity index (χ1) is 9.94. The van der Waals surface area contributed by atoms with Gasteiger partial charge in [-0.25, -0.2) is 9.59 Å². The van der Waals surface area contributed by atoms with E-state index in [2.05, 4.69) is 0 Å². The fourth-order valence-corrected chi connectivity index (χ4v) is 1.76. The van der Waals surface area contributed by atoms with Gasteiger partial charge in [-0.3, -0.25) is 0 Å². The molecule has 0 aliphatic rings. The number of hydrogen-bond acceptors (Lipinski definition) is 6. The molecule has 0 bridgehead atoms. The summed E-state index contributed by atoms with van der Waals surface area (Å²) in [7, 11) is 7.59. The van der Waals surface area contributed by atoms with Gasteiger partial charge in [-0.15, -0.1) is 0 Å². The molecule has 0 saturated carbocycles. The second kappa shape index (κ2) is 7.33. The van der Waals surface area contributed by atoms with Gasteiger partial charge in [0.2, 0.25) is 0 Å². The standard InChI is InChI=1S/C15H19NO5/c1-16(2)9-13(15(18)21-5)11-7-6-10(19-3)8-12(11)14(17)20-4/h6-9H,1-5H3/b13-9-. The molecule has 0 heterocycles. The Balaban J connectivity index is 3.50. The van der Waals surface area contributed by atoms with Crippen LogP contribution in [0.15, 0.2) is 24.4 Å². The van der Waals surface area contributed by atoms with Gasteiger partial charge in [0.15, 0.2) is 0 Å². The van der Waals surface area contributed by atoms with Gasteiger partial charge in [0.05, 0.1) is 32.5 Å². The SMILES string of the molecule is COC(=O)/C(=C\N(C)C)c1ccc(OC)cc1C(=O)OC. The van der Waals surface area contributed by atoms with Gasteiger partial charge in [-0.1, -0.05) is 0 Å². The first-order valence-electron chi connectivity index (χ1n) is 6.17. The third-order valence-electron chi connectivity index (χ3n) is 2.71. The predicted molar refractivity (Wildman–Crippen MR) is 78.0 cm³/mol. The summed E-state index contributed by atoms with van der Waals surface area (Å²) >= 11 is 0. The summed E-state index contributed by atoms with van der Waals surface area (Å²) in [6, 6.07) is 4.80. The molecule has 0 fully saturated rings. The molecule has 21 heavy (non-hydrogen) atoms. The molecule has 0 aliphatic carbocycles. The number of ether oxygens (including phenoxy) is 3. The van der Waals surface area contributed by atoms with Crippen molar-refractivity contribution in [3.05, 3.63) is 35.5 Å². The van der Waals surface area contributed by atoms with Crippen LogP contribution in [0.1, 0.15) is 15.9 Å². The average Bonchev–Trinajstić information content (AvgIpc) is 2.50. The van der Waals surface area contributed by atoms with E-state index in [-0.39, 0.29) is 11.1 Å². The Morgan fingerprint density at radius 3 is 2.19 bits per heavy atom. The van der Waals surface area contributed by atoms with Crippen molar-refractivity contribution in [3.63, 3.8) is 0 Å². The fourth-order valence-electron chi connectivity index (χ4n) is 1.76. The van der Waals surface area contributed by atoms with Crippen LogP contribution in [0.2, 0.25) is 0 Å². The molecule has 0 amide bonds. The molecule has 114 valence electrons. The highest BCUT2D eigenvalue weighted by Gasteiger charge is 2.21. The van der Waals surface area contributed by atoms with Crippen molar-refractivity contribution in [2.75, 3.05) is 35.4 Å². The van der Waals surface area contributed by atoms with Crippen LogP contribution in [0.5, 0.6) is 5.75 Å². The lowest BCUT2D eigenvalue weighted by molar-refractivity contribution is -0.133. The summed E-state index contributed by atoms with van der Waals surface area (Å²) in [5.41, 5.74) is 0.907. The minimum absolute atomic E-state index is 0.232. The molecule has 6 heteroatoms. The molecular weight excluding hydrogens is 274 g/mol. The molecular formula is C15H19NO5. The fraction of sp³-hybridized carbons (Fsp3) is 0.333. The first kappa shape index (κ1) is 16.6. The maximum absolute atomic E-state index is 12.0. The number of hydrogen-bond donors (Lipinski definition) is 0. The van der Waals surface area contributed by atoms with Crippen molar-refractivity contribution in [2.24, 2.45) is 0 Å². The van der Waals surface area contributed by atoms with Crippen molar-refractivity contribution >= 4 is 17.5 Å². The van der Waals surface area contributed by atoms with E-state index in [4.69, 9.17) is 14.2 Å². The Labute approximate surface area is 123 Å². The van der Waals surface area contributed by atoms with E-state index in [1.807, 2.05) is 0 Å². The molecule has 0 spiro atoms. The lowest BCUT2D eigenvalue weighted by Crippen LogP contribution is -2.14. The van der Waals surface area contributed by atoms with Gasteiger partial charge in [0.1, 0.15) is 5.75 Å². The molecule has 0 atom stereocenters. The Kier molecular flexibility index (Phi) is 5.78. The number of esters is 2. The normalized spacial score (nSPS) is 10.8. The highest BCUT2D eigenvalue weighted by molar-refractivity contribution is 6.18. The minimum atomic E-state index is -0.558. The zero-order valence-electron chi connectivity index (χ0n) is 12.8. The van der Waals surface area contributed by atoms with Gasteiger partial charge >= 0.3 is 11.9 Å². The van der Waals surface area contributed by atoms with Crippen LogP contribution >= 0.6 is 0 Å². The van der Waals surface area contributed by atoms with E-state index in [1.165, 1.54) is 27.4 Å². The molecule has 0 N–H and O–H groups in total. The molecule has 0 aromatic heterocycles. The number of carbonyl (C=O) groups is 2. The Bertz CT molecular complexity index is 563. The zero-order valence-corrected chi connectivity index (χ0v) is 12.8. The maximum atomic E-state index is 12.0. The van der Waals surface area contributed by atoms with Crippen molar-refractivity contribution < 1.29 is 23.8 Å². The molecule has 0 radical (unpaired) electrons. The van der Waals surface area contributed by atoms with E-state index in [0.29, 0.717) is 11.3 Å². The van der Waals surface area contributed by atoms with Crippen molar-refractivity contribution in [1.82, 2.24) is 4.90 Å². The lowest BCUT2D eigenvalue weighted by atomic mass is 9.99. The molecule has 0 saturated heterocycles. The van der Waals surface area contributed by atoms with E-state index in [0.717, 1.165) is 0 Å². The number of methoxy groups -OCH3 is 3. The molecule has 0 aliphatic heterocycles. The minimum Gasteiger partial charge on any atom is -0.497 e. The van der Waals surface area contributed by atoms with Crippen LogP contribution in [0.4, 0.5) is 0 Å². The maximum Gasteiger partial charge on any atom is 0.339 e. The van der Waals surface area contributed by atoms with E-state index in [1.54, 1.807) is 37.3 Å². The molecule has 0 unspecified atom stereocenters. The van der Waals surface area contributed by atoms with E-state index >= 15 is 0 Å². The number of benzene rings is 1. The second-order valence-electron chi connectivity index (χ2n) is 4.40. The van der Waals surface area contributed by atoms with E-state index in [9.17, 15) is 9.59 Å². The largest absolute Gasteiger partial charge is 0.497 e. The van der Waals surface area contributed by atoms with Gasteiger partial charge in [-0.05, 0) is 18.2 Å². The number of nitrogens with zero attached hydrogens (tertiary/aromatic N) is 1. The highest BCUT2D eigenvalue weighted by atomic mass is 16.5. The Morgan fingerprint density at radius 2 is 1.71 bits per heavy atom. The summed E-state index contributed by atoms with van der Waals surface area (Å²) in [5, 5.41) is 0. The summed E-state index contributed by atoms with van der Waals surface area (Å²) < 4.78 is 14.6. The van der Waals surface area contributed by atoms with Gasteiger partial charge in [0, 0.05) is 25.9 Å². The first-order valence-corrected chi connectivity index (χ1v) is 6.17. The highest BCUT2D eigenvalue weighted by Crippen LogP contribution is 2.26. The number of rotatable bonds is 5. The Hall–Kier alpha value is -2.50. The topological polar surface area (TPSA) is 65.1 Å². The smallest absolute Gasteiger partial charge is 0.339 e. The van der Waals surface area contributed by atoms with Crippen LogP contribution in [-0.4, -0.2) is 52.3 Å². The van der Waals surface area contributed by atoms with Crippen LogP contribution in [-0.2, 0) is 14.3 Å². The lowest BCUT2D eigenvalue weighted by Gasteiger charge is -2.14. The van der Waals surface area contributed by atoms with Gasteiger partial charge < -0.3 is 19.1 Å². The van der Waals surface area contributed by atoms with Gasteiger partial charge in [0.25, 0.3) is 0 Å². The predicted octanol–water partition coefficient (Wildman–Crippen LogP) is 1.56. The van der Waals surface area contributed by atoms with E-state index < -0.39 is 11.9 Å². The Morgan fingerprint density at radius 1 is 1.05 bits per heavy atom. The third-order valence-corrected chi connectivity index (χ3v) is 2.71. The number of carbonyl (C=O) groups excluding carboxylic acids is 2. The summed E-state index contributed by atoms with van der Waals surface area (Å²) in [4.78, 5) is 25.6. The van der Waals surface area contributed by atoms with Crippen LogP contribution < -0.4 is 4.74 Å². The van der Waals surface area contributed by atoms with Crippen LogP contribution in [0, 0.1) is 0 Å². The van der Waals surface area contributed by atoms with Crippen molar-refractivity contribution in [1.29, 1.82) is 0 Å². The second-order valence-corrected chi connectivity index (χ2v) is 4.40. The van der Waals surface area contributed by atoms with Crippen LogP contribution in [0.3, 0.4) is 0 Å². The average molecular weight is 293 g/mol. The molecule has 1 aromatic rings. The monoisotopic (exact) mass is 293 g/mol. The summed E-state index contributed by atoms with van der Waals surface area (Å²) in [6.45, 7) is 0. The summed E-state index contributed by atoms with van der Waals surface area (Å²) in [5.74, 6) is -0.607. The molecule has 6 nitrogen and oxygen atoms in total. The summed E-state index contributed by atoms with van der Waals surface area (Å²) in [6.07, 6.45) is 1.58. The van der Waals surface area contributed by atoms with Crippen molar-refractivity contribution in [2.45, 2.75) is 0 Å². The molecule has 1 rings (SSSR count). The van der Waals surface area contributed by atoms with Gasteiger partial charge in [-0.2, -0.15) is 0 Å². The third kappa shape index (κ3) is 3.98.